The standard InChI is InChI=1S/C22H24N2O2S/c1-14(2)18-9-7-17(8-10-18)13-24-16(4)20(27-22(24)26)21(25)23-19-11-5-15(3)6-12-19/h5-12,14H,13H2,1-4H3,(H,23,25). The number of carbonyl (C=O) groups is 1. The number of nitrogens with zero attached hydrogens (tertiary/aromatic N) is 1. The number of thiazole rings is 1. The zero-order valence-corrected chi connectivity index (χ0v) is 16.9. The average molecular weight is 381 g/mol. The van der Waals surface area contributed by atoms with Crippen LogP contribution in [0, 0.1) is 13.8 Å². The Morgan fingerprint density at radius 3 is 2.26 bits per heavy atom. The molecule has 3 aromatic rings. The van der Waals surface area contributed by atoms with Gasteiger partial charge in [0.2, 0.25) is 0 Å². The van der Waals surface area contributed by atoms with Crippen molar-refractivity contribution in [2.24, 2.45) is 0 Å². The van der Waals surface area contributed by atoms with E-state index < -0.39 is 0 Å². The molecule has 0 atom stereocenters. The maximum Gasteiger partial charge on any atom is 0.308 e. The molecule has 2 aromatic carbocycles. The van der Waals surface area contributed by atoms with Crippen LogP contribution in [0.5, 0.6) is 0 Å². The van der Waals surface area contributed by atoms with Gasteiger partial charge in [0.25, 0.3) is 5.91 Å². The van der Waals surface area contributed by atoms with E-state index >= 15 is 0 Å². The number of benzene rings is 2. The molecule has 3 rings (SSSR count). The van der Waals surface area contributed by atoms with Gasteiger partial charge in [0.1, 0.15) is 4.88 Å². The maximum atomic E-state index is 12.6. The number of hydrogen-bond acceptors (Lipinski definition) is 3. The molecule has 4 nitrogen and oxygen atoms in total. The Labute approximate surface area is 163 Å². The zero-order chi connectivity index (χ0) is 19.6. The summed E-state index contributed by atoms with van der Waals surface area (Å²) in [6, 6.07) is 15.9. The van der Waals surface area contributed by atoms with Gasteiger partial charge in [-0.1, -0.05) is 67.1 Å². The van der Waals surface area contributed by atoms with Gasteiger partial charge < -0.3 is 5.32 Å². The highest BCUT2D eigenvalue weighted by molar-refractivity contribution is 7.11. The van der Waals surface area contributed by atoms with Crippen LogP contribution in [0.1, 0.15) is 51.8 Å². The number of carbonyl (C=O) groups excluding carboxylic acids is 1. The van der Waals surface area contributed by atoms with Crippen molar-refractivity contribution in [2.75, 3.05) is 5.32 Å². The molecule has 27 heavy (non-hydrogen) atoms. The Kier molecular flexibility index (Phi) is 5.61. The summed E-state index contributed by atoms with van der Waals surface area (Å²) in [4.78, 5) is 25.4. The van der Waals surface area contributed by atoms with Gasteiger partial charge in [-0.3, -0.25) is 14.2 Å². The second-order valence-corrected chi connectivity index (χ2v) is 8.05. The Morgan fingerprint density at radius 1 is 1.04 bits per heavy atom. The fourth-order valence-corrected chi connectivity index (χ4v) is 3.77. The summed E-state index contributed by atoms with van der Waals surface area (Å²) >= 11 is 0.994. The summed E-state index contributed by atoms with van der Waals surface area (Å²) < 4.78 is 1.67. The number of amides is 1. The summed E-state index contributed by atoms with van der Waals surface area (Å²) in [5, 5.41) is 2.87. The van der Waals surface area contributed by atoms with Crippen molar-refractivity contribution in [2.45, 2.75) is 40.2 Å². The highest BCUT2D eigenvalue weighted by Crippen LogP contribution is 2.19. The lowest BCUT2D eigenvalue weighted by molar-refractivity contribution is 0.102. The predicted molar refractivity (Wildman–Crippen MR) is 112 cm³/mol. The highest BCUT2D eigenvalue weighted by atomic mass is 32.1. The minimum absolute atomic E-state index is 0.116. The smallest absolute Gasteiger partial charge is 0.308 e. The van der Waals surface area contributed by atoms with Gasteiger partial charge in [0.05, 0.1) is 6.54 Å². The van der Waals surface area contributed by atoms with Crippen molar-refractivity contribution in [1.29, 1.82) is 0 Å². The molecule has 0 unspecified atom stereocenters. The number of anilines is 1. The SMILES string of the molecule is Cc1ccc(NC(=O)c2sc(=O)n(Cc3ccc(C(C)C)cc3)c2C)cc1. The Balaban J connectivity index is 1.80. The van der Waals surface area contributed by atoms with Crippen molar-refractivity contribution < 1.29 is 4.79 Å². The van der Waals surface area contributed by atoms with E-state index in [4.69, 9.17) is 0 Å². The van der Waals surface area contributed by atoms with E-state index in [0.29, 0.717) is 23.0 Å². The number of rotatable bonds is 5. The topological polar surface area (TPSA) is 51.1 Å². The van der Waals surface area contributed by atoms with Gasteiger partial charge in [-0.05, 0) is 43.0 Å². The molecule has 5 heteroatoms. The van der Waals surface area contributed by atoms with Gasteiger partial charge in [0, 0.05) is 11.4 Å². The number of nitrogens with one attached hydrogen (secondary N) is 1. The largest absolute Gasteiger partial charge is 0.321 e. The summed E-state index contributed by atoms with van der Waals surface area (Å²) in [6.07, 6.45) is 0. The Bertz CT molecular complexity index is 996. The van der Waals surface area contributed by atoms with Gasteiger partial charge >= 0.3 is 4.87 Å². The van der Waals surface area contributed by atoms with Crippen LogP contribution in [0.2, 0.25) is 0 Å². The summed E-state index contributed by atoms with van der Waals surface area (Å²) in [5.74, 6) is 0.231. The van der Waals surface area contributed by atoms with Gasteiger partial charge in [-0.25, -0.2) is 0 Å². The van der Waals surface area contributed by atoms with Crippen LogP contribution in [-0.2, 0) is 6.54 Å². The molecular formula is C22H24N2O2S. The van der Waals surface area contributed by atoms with E-state index in [1.54, 1.807) is 4.57 Å². The third-order valence-corrected chi connectivity index (χ3v) is 5.73. The van der Waals surface area contributed by atoms with E-state index in [1.807, 2.05) is 50.2 Å². The quantitative estimate of drug-likeness (QED) is 0.681. The van der Waals surface area contributed by atoms with Gasteiger partial charge in [0.15, 0.2) is 0 Å². The van der Waals surface area contributed by atoms with E-state index in [1.165, 1.54) is 5.56 Å². The van der Waals surface area contributed by atoms with E-state index in [9.17, 15) is 9.59 Å². The van der Waals surface area contributed by atoms with Crippen molar-refractivity contribution in [3.05, 3.63) is 85.5 Å². The molecule has 1 heterocycles. The third-order valence-electron chi connectivity index (χ3n) is 4.65. The molecule has 0 fully saturated rings. The third kappa shape index (κ3) is 4.37. The molecular weight excluding hydrogens is 356 g/mol. The average Bonchev–Trinajstić information content (AvgIpc) is 2.92. The fourth-order valence-electron chi connectivity index (χ4n) is 2.88. The first-order chi connectivity index (χ1) is 12.8. The summed E-state index contributed by atoms with van der Waals surface area (Å²) in [6.45, 7) is 8.60. The summed E-state index contributed by atoms with van der Waals surface area (Å²) in [5.41, 5.74) is 4.87. The van der Waals surface area contributed by atoms with Crippen LogP contribution in [0.15, 0.2) is 53.3 Å². The van der Waals surface area contributed by atoms with E-state index in [-0.39, 0.29) is 10.8 Å². The molecule has 0 aliphatic carbocycles. The molecule has 1 N–H and O–H groups in total. The predicted octanol–water partition coefficient (Wildman–Crippen LogP) is 4.95. The minimum Gasteiger partial charge on any atom is -0.321 e. The van der Waals surface area contributed by atoms with Gasteiger partial charge in [-0.2, -0.15) is 0 Å². The fraction of sp³-hybridized carbons (Fsp3) is 0.273. The normalized spacial score (nSPS) is 11.0. The van der Waals surface area contributed by atoms with Crippen LogP contribution in [-0.4, -0.2) is 10.5 Å². The first-order valence-corrected chi connectivity index (χ1v) is 9.84. The lowest BCUT2D eigenvalue weighted by Crippen LogP contribution is -2.16. The zero-order valence-electron chi connectivity index (χ0n) is 16.1. The van der Waals surface area contributed by atoms with Crippen LogP contribution in [0.4, 0.5) is 5.69 Å². The number of aromatic nitrogens is 1. The molecule has 1 aromatic heterocycles. The first kappa shape index (κ1) is 19.1. The Morgan fingerprint density at radius 2 is 1.67 bits per heavy atom. The molecule has 0 bridgehead atoms. The van der Waals surface area contributed by atoms with Crippen molar-refractivity contribution >= 4 is 22.9 Å². The van der Waals surface area contributed by atoms with E-state index in [2.05, 4.69) is 31.3 Å². The second kappa shape index (κ2) is 7.92. The van der Waals surface area contributed by atoms with Crippen LogP contribution in [0.3, 0.4) is 0 Å². The first-order valence-electron chi connectivity index (χ1n) is 9.02. The second-order valence-electron chi connectivity index (χ2n) is 7.09. The van der Waals surface area contributed by atoms with Crippen molar-refractivity contribution in [1.82, 2.24) is 4.57 Å². The van der Waals surface area contributed by atoms with Crippen LogP contribution in [0.25, 0.3) is 0 Å². The van der Waals surface area contributed by atoms with E-state index in [0.717, 1.165) is 28.2 Å². The lowest BCUT2D eigenvalue weighted by Gasteiger charge is -2.09. The minimum atomic E-state index is -0.243. The van der Waals surface area contributed by atoms with Crippen molar-refractivity contribution in [3.8, 4) is 0 Å². The number of hydrogen-bond donors (Lipinski definition) is 1. The molecule has 0 aliphatic heterocycles. The maximum absolute atomic E-state index is 12.6. The molecule has 0 radical (unpaired) electrons. The Hall–Kier alpha value is -2.66. The molecule has 0 saturated heterocycles. The molecule has 1 amide bonds. The van der Waals surface area contributed by atoms with Crippen LogP contribution < -0.4 is 10.2 Å². The lowest BCUT2D eigenvalue weighted by atomic mass is 10.0. The molecule has 0 spiro atoms. The van der Waals surface area contributed by atoms with Gasteiger partial charge in [-0.15, -0.1) is 0 Å². The number of aryl methyl sites for hydroxylation is 1. The molecule has 0 saturated carbocycles. The highest BCUT2D eigenvalue weighted by Gasteiger charge is 2.18. The monoisotopic (exact) mass is 380 g/mol. The van der Waals surface area contributed by atoms with Crippen molar-refractivity contribution in [3.63, 3.8) is 0 Å². The van der Waals surface area contributed by atoms with Crippen LogP contribution >= 0.6 is 11.3 Å². The molecule has 140 valence electrons. The summed E-state index contributed by atoms with van der Waals surface area (Å²) in [7, 11) is 0. The molecule has 0 aliphatic rings.